The molecular formula is C9H13ClF3N3. The lowest BCUT2D eigenvalue weighted by atomic mass is 10.2. The Labute approximate surface area is 96.6 Å². The molecule has 0 aliphatic rings. The van der Waals surface area contributed by atoms with Gasteiger partial charge in [-0.1, -0.05) is 13.8 Å². The van der Waals surface area contributed by atoms with Crippen molar-refractivity contribution in [3.8, 4) is 0 Å². The lowest BCUT2D eigenvalue weighted by molar-refractivity contribution is -0.129. The van der Waals surface area contributed by atoms with E-state index in [-0.39, 0.29) is 17.6 Å². The Bertz CT molecular complexity index is 346. The molecule has 1 heterocycles. The van der Waals surface area contributed by atoms with Crippen molar-refractivity contribution < 1.29 is 13.2 Å². The number of halogens is 4. The van der Waals surface area contributed by atoms with E-state index in [9.17, 15) is 13.2 Å². The number of hydrogen-bond acceptors (Lipinski definition) is 2. The van der Waals surface area contributed by atoms with Crippen molar-refractivity contribution >= 4 is 11.6 Å². The van der Waals surface area contributed by atoms with Crippen LogP contribution in [0.3, 0.4) is 0 Å². The van der Waals surface area contributed by atoms with Gasteiger partial charge in [-0.05, 0) is 5.92 Å². The third-order valence-corrected chi connectivity index (χ3v) is 2.17. The normalized spacial score (nSPS) is 12.4. The van der Waals surface area contributed by atoms with E-state index in [4.69, 9.17) is 11.6 Å². The highest BCUT2D eigenvalue weighted by Crippen LogP contribution is 2.21. The molecule has 1 rings (SSSR count). The molecule has 0 fully saturated rings. The number of aromatic nitrogens is 3. The Morgan fingerprint density at radius 2 is 1.81 bits per heavy atom. The number of hydrogen-bond donors (Lipinski definition) is 0. The predicted molar refractivity (Wildman–Crippen MR) is 54.2 cm³/mol. The van der Waals surface area contributed by atoms with Gasteiger partial charge in [0, 0.05) is 6.54 Å². The second kappa shape index (κ2) is 5.03. The Hall–Kier alpha value is -0.780. The van der Waals surface area contributed by atoms with Gasteiger partial charge in [-0.25, -0.2) is 0 Å². The number of alkyl halides is 4. The lowest BCUT2D eigenvalue weighted by Gasteiger charge is -2.12. The maximum absolute atomic E-state index is 12.3. The van der Waals surface area contributed by atoms with Crippen molar-refractivity contribution in [3.05, 3.63) is 11.6 Å². The summed E-state index contributed by atoms with van der Waals surface area (Å²) in [6.45, 7) is 4.27. The highest BCUT2D eigenvalue weighted by molar-refractivity contribution is 6.16. The summed E-state index contributed by atoms with van der Waals surface area (Å²) in [6, 6.07) is 0. The van der Waals surface area contributed by atoms with Crippen molar-refractivity contribution in [3.63, 3.8) is 0 Å². The topological polar surface area (TPSA) is 30.7 Å². The summed E-state index contributed by atoms with van der Waals surface area (Å²) in [5, 5.41) is 7.19. The third-order valence-electron chi connectivity index (χ3n) is 1.93. The van der Waals surface area contributed by atoms with Crippen LogP contribution in [0.5, 0.6) is 0 Å². The predicted octanol–water partition coefficient (Wildman–Crippen LogP) is 2.78. The van der Waals surface area contributed by atoms with Crippen LogP contribution in [-0.4, -0.2) is 20.9 Å². The molecule has 1 aromatic rings. The smallest absolute Gasteiger partial charge is 0.313 e. The minimum atomic E-state index is -4.27. The molecule has 0 spiro atoms. The van der Waals surface area contributed by atoms with Crippen molar-refractivity contribution in [2.24, 2.45) is 5.92 Å². The first-order valence-corrected chi connectivity index (χ1v) is 5.40. The molecule has 0 amide bonds. The third kappa shape index (κ3) is 3.66. The molecule has 0 aromatic carbocycles. The molecule has 0 radical (unpaired) electrons. The van der Waals surface area contributed by atoms with Crippen molar-refractivity contribution in [1.82, 2.24) is 14.8 Å². The molecule has 0 atom stereocenters. The van der Waals surface area contributed by atoms with Gasteiger partial charge in [-0.2, -0.15) is 13.2 Å². The molecule has 1 aromatic heterocycles. The molecule has 0 aliphatic heterocycles. The molecule has 0 aliphatic carbocycles. The summed E-state index contributed by atoms with van der Waals surface area (Å²) in [6.07, 6.45) is -5.34. The summed E-state index contributed by atoms with van der Waals surface area (Å²) in [7, 11) is 0. The van der Waals surface area contributed by atoms with Crippen LogP contribution in [0, 0.1) is 5.92 Å². The summed E-state index contributed by atoms with van der Waals surface area (Å²) >= 11 is 5.60. The van der Waals surface area contributed by atoms with Gasteiger partial charge in [0.2, 0.25) is 0 Å². The molecular weight excluding hydrogens is 243 g/mol. The van der Waals surface area contributed by atoms with Gasteiger partial charge in [0.15, 0.2) is 0 Å². The van der Waals surface area contributed by atoms with E-state index in [0.717, 1.165) is 0 Å². The Morgan fingerprint density at radius 3 is 2.25 bits per heavy atom. The second-order valence-electron chi connectivity index (χ2n) is 3.96. The van der Waals surface area contributed by atoms with E-state index >= 15 is 0 Å². The minimum Gasteiger partial charge on any atom is -0.313 e. The van der Waals surface area contributed by atoms with Gasteiger partial charge in [0.1, 0.15) is 18.1 Å². The van der Waals surface area contributed by atoms with Gasteiger partial charge in [0.05, 0.1) is 5.88 Å². The molecule has 3 nitrogen and oxygen atoms in total. The van der Waals surface area contributed by atoms with Crippen LogP contribution >= 0.6 is 11.6 Å². The zero-order valence-electron chi connectivity index (χ0n) is 9.05. The van der Waals surface area contributed by atoms with Crippen molar-refractivity contribution in [2.45, 2.75) is 38.9 Å². The maximum Gasteiger partial charge on any atom is 0.396 e. The van der Waals surface area contributed by atoms with E-state index < -0.39 is 12.6 Å². The van der Waals surface area contributed by atoms with Gasteiger partial charge in [-0.3, -0.25) is 0 Å². The summed E-state index contributed by atoms with van der Waals surface area (Å²) < 4.78 is 38.2. The average molecular weight is 256 g/mol. The van der Waals surface area contributed by atoms with Crippen LogP contribution in [0.25, 0.3) is 0 Å². The second-order valence-corrected chi connectivity index (χ2v) is 4.23. The first kappa shape index (κ1) is 13.3. The average Bonchev–Trinajstić information content (AvgIpc) is 2.45. The highest BCUT2D eigenvalue weighted by atomic mass is 35.5. The van der Waals surface area contributed by atoms with E-state index in [1.165, 1.54) is 4.57 Å². The van der Waals surface area contributed by atoms with E-state index in [0.29, 0.717) is 12.4 Å². The minimum absolute atomic E-state index is 0.0670. The van der Waals surface area contributed by atoms with Crippen molar-refractivity contribution in [1.29, 1.82) is 0 Å². The maximum atomic E-state index is 12.3. The zero-order valence-corrected chi connectivity index (χ0v) is 9.81. The Morgan fingerprint density at radius 1 is 1.25 bits per heavy atom. The molecule has 0 saturated heterocycles. The van der Waals surface area contributed by atoms with Crippen LogP contribution in [0.15, 0.2) is 0 Å². The van der Waals surface area contributed by atoms with Crippen molar-refractivity contribution in [2.75, 3.05) is 0 Å². The molecule has 92 valence electrons. The van der Waals surface area contributed by atoms with Crippen LogP contribution in [0.1, 0.15) is 25.5 Å². The lowest BCUT2D eigenvalue weighted by Crippen LogP contribution is -2.18. The Balaban J connectivity index is 2.95. The molecule has 7 heteroatoms. The highest BCUT2D eigenvalue weighted by Gasteiger charge is 2.31. The standard InChI is InChI=1S/C9H13ClF3N3/c1-6(2)5-16-7(3-9(11,12)13)14-15-8(16)4-10/h6H,3-5H2,1-2H3. The molecule has 0 unspecified atom stereocenters. The monoisotopic (exact) mass is 255 g/mol. The van der Waals surface area contributed by atoms with Crippen LogP contribution in [-0.2, 0) is 18.8 Å². The molecule has 0 N–H and O–H groups in total. The largest absolute Gasteiger partial charge is 0.396 e. The fraction of sp³-hybridized carbons (Fsp3) is 0.778. The zero-order chi connectivity index (χ0) is 12.3. The van der Waals surface area contributed by atoms with Gasteiger partial charge < -0.3 is 4.57 Å². The van der Waals surface area contributed by atoms with Crippen LogP contribution in [0.2, 0.25) is 0 Å². The van der Waals surface area contributed by atoms with Crippen LogP contribution < -0.4 is 0 Å². The fourth-order valence-electron chi connectivity index (χ4n) is 1.36. The summed E-state index contributed by atoms with van der Waals surface area (Å²) in [5.74, 6) is 0.592. The van der Waals surface area contributed by atoms with Gasteiger partial charge >= 0.3 is 6.18 Å². The fourth-order valence-corrected chi connectivity index (χ4v) is 1.55. The van der Waals surface area contributed by atoms with Gasteiger partial charge in [-0.15, -0.1) is 21.8 Å². The number of rotatable bonds is 4. The summed E-state index contributed by atoms with van der Waals surface area (Å²) in [5.41, 5.74) is 0. The molecule has 16 heavy (non-hydrogen) atoms. The van der Waals surface area contributed by atoms with Crippen LogP contribution in [0.4, 0.5) is 13.2 Å². The van der Waals surface area contributed by atoms with E-state index in [2.05, 4.69) is 10.2 Å². The van der Waals surface area contributed by atoms with E-state index in [1.54, 1.807) is 0 Å². The molecule has 0 saturated carbocycles. The first-order chi connectivity index (χ1) is 7.33. The SMILES string of the molecule is CC(C)Cn1c(CCl)nnc1CC(F)(F)F. The van der Waals surface area contributed by atoms with E-state index in [1.807, 2.05) is 13.8 Å². The molecule has 0 bridgehead atoms. The Kier molecular flexibility index (Phi) is 4.18. The summed E-state index contributed by atoms with van der Waals surface area (Å²) in [4.78, 5) is 0. The quantitative estimate of drug-likeness (QED) is 0.775. The number of nitrogens with zero attached hydrogens (tertiary/aromatic N) is 3. The first-order valence-electron chi connectivity index (χ1n) is 4.87. The van der Waals surface area contributed by atoms with Gasteiger partial charge in [0.25, 0.3) is 0 Å².